The maximum absolute atomic E-state index is 4.21. The topological polar surface area (TPSA) is 48.5 Å². The Bertz CT molecular complexity index is 192. The lowest BCUT2D eigenvalue weighted by Crippen LogP contribution is -2.37. The van der Waals surface area contributed by atoms with Crippen molar-refractivity contribution in [2.24, 2.45) is 11.0 Å². The first-order valence-corrected chi connectivity index (χ1v) is 5.80. The summed E-state index contributed by atoms with van der Waals surface area (Å²) in [7, 11) is 0. The predicted molar refractivity (Wildman–Crippen MR) is 57.3 cm³/mol. The van der Waals surface area contributed by atoms with E-state index in [0.29, 0.717) is 5.92 Å². The number of amidine groups is 1. The molecule has 0 aromatic carbocycles. The fraction of sp³-hybridized carbons (Fsp3) is 0.900. The van der Waals surface area contributed by atoms with Gasteiger partial charge in [0.15, 0.2) is 0 Å². The molecule has 0 unspecified atom stereocenters. The minimum Gasteiger partial charge on any atom is -0.288 e. The van der Waals surface area contributed by atoms with E-state index in [9.17, 15) is 0 Å². The summed E-state index contributed by atoms with van der Waals surface area (Å²) >= 11 is 0. The third-order valence-electron chi connectivity index (χ3n) is 3.16. The highest BCUT2D eigenvalue weighted by molar-refractivity contribution is 5.84. The minimum absolute atomic E-state index is 0.635. The predicted octanol–water partition coefficient (Wildman–Crippen LogP) is 1.66. The maximum Gasteiger partial charge on any atom is 0.142 e. The van der Waals surface area contributed by atoms with Gasteiger partial charge in [-0.2, -0.15) is 0 Å². The van der Waals surface area contributed by atoms with Crippen LogP contribution in [-0.2, 0) is 0 Å². The monoisotopic (exact) mass is 196 g/mol. The first kappa shape index (κ1) is 9.77. The van der Waals surface area contributed by atoms with Crippen LogP contribution < -0.4 is 16.5 Å². The van der Waals surface area contributed by atoms with E-state index in [1.807, 2.05) is 0 Å². The summed E-state index contributed by atoms with van der Waals surface area (Å²) < 4.78 is 0. The Hall–Kier alpha value is -0.770. The van der Waals surface area contributed by atoms with Crippen molar-refractivity contribution in [2.75, 3.05) is 0 Å². The van der Waals surface area contributed by atoms with E-state index in [1.165, 1.54) is 51.4 Å². The standard InChI is InChI=1S/C10H20N4/c1-2-4-6-8-9(7-5-3-1)10-11-13-14-12-10/h9,13-14H,1-8H2,(H,11,12). The van der Waals surface area contributed by atoms with Crippen LogP contribution in [0.15, 0.2) is 5.10 Å². The molecule has 14 heavy (non-hydrogen) atoms. The molecule has 1 saturated carbocycles. The molecule has 0 amide bonds. The largest absolute Gasteiger partial charge is 0.288 e. The molecule has 1 aliphatic heterocycles. The molecule has 0 spiro atoms. The second-order valence-electron chi connectivity index (χ2n) is 4.25. The molecule has 2 rings (SSSR count). The summed E-state index contributed by atoms with van der Waals surface area (Å²) in [5.41, 5.74) is 8.65. The van der Waals surface area contributed by atoms with Crippen LogP contribution in [0.2, 0.25) is 0 Å². The van der Waals surface area contributed by atoms with Gasteiger partial charge in [0.2, 0.25) is 0 Å². The van der Waals surface area contributed by atoms with Gasteiger partial charge in [-0.1, -0.05) is 38.5 Å². The lowest BCUT2D eigenvalue weighted by atomic mass is 9.96. The van der Waals surface area contributed by atoms with Crippen molar-refractivity contribution in [3.63, 3.8) is 0 Å². The molecule has 3 N–H and O–H groups in total. The molecular weight excluding hydrogens is 176 g/mol. The molecule has 1 aliphatic carbocycles. The number of rotatable bonds is 1. The molecule has 4 heteroatoms. The van der Waals surface area contributed by atoms with Crippen LogP contribution in [0.4, 0.5) is 0 Å². The zero-order chi connectivity index (χ0) is 9.64. The average molecular weight is 196 g/mol. The smallest absolute Gasteiger partial charge is 0.142 e. The van der Waals surface area contributed by atoms with E-state index in [1.54, 1.807) is 0 Å². The van der Waals surface area contributed by atoms with Gasteiger partial charge in [-0.25, -0.2) is 5.53 Å². The average Bonchev–Trinajstić information content (AvgIpc) is 2.75. The van der Waals surface area contributed by atoms with E-state index >= 15 is 0 Å². The molecule has 2 aliphatic rings. The summed E-state index contributed by atoms with van der Waals surface area (Å²) in [4.78, 5) is 0. The zero-order valence-electron chi connectivity index (χ0n) is 8.68. The highest BCUT2D eigenvalue weighted by Gasteiger charge is 2.18. The summed E-state index contributed by atoms with van der Waals surface area (Å²) in [5.74, 6) is 1.74. The zero-order valence-corrected chi connectivity index (χ0v) is 8.68. The number of hydrazone groups is 1. The number of hydrogen-bond donors (Lipinski definition) is 3. The third-order valence-corrected chi connectivity index (χ3v) is 3.16. The van der Waals surface area contributed by atoms with E-state index in [-0.39, 0.29) is 0 Å². The number of nitrogens with zero attached hydrogens (tertiary/aromatic N) is 1. The van der Waals surface area contributed by atoms with Gasteiger partial charge >= 0.3 is 0 Å². The molecule has 0 saturated heterocycles. The first-order valence-electron chi connectivity index (χ1n) is 5.80. The Labute approximate surface area is 85.5 Å². The van der Waals surface area contributed by atoms with Crippen molar-refractivity contribution in [1.29, 1.82) is 0 Å². The van der Waals surface area contributed by atoms with E-state index in [0.717, 1.165) is 5.84 Å². The Balaban J connectivity index is 1.87. The van der Waals surface area contributed by atoms with Crippen molar-refractivity contribution < 1.29 is 0 Å². The maximum atomic E-state index is 4.21. The van der Waals surface area contributed by atoms with Gasteiger partial charge in [0.1, 0.15) is 5.84 Å². The van der Waals surface area contributed by atoms with Crippen LogP contribution >= 0.6 is 0 Å². The van der Waals surface area contributed by atoms with Crippen LogP contribution in [0.5, 0.6) is 0 Å². The van der Waals surface area contributed by atoms with Crippen LogP contribution in [0.1, 0.15) is 51.4 Å². The third kappa shape index (κ3) is 2.61. The van der Waals surface area contributed by atoms with Gasteiger partial charge in [0, 0.05) is 5.92 Å². The van der Waals surface area contributed by atoms with Gasteiger partial charge in [-0.3, -0.25) is 5.43 Å². The normalized spacial score (nSPS) is 25.3. The first-order chi connectivity index (χ1) is 6.97. The Morgan fingerprint density at radius 2 is 1.57 bits per heavy atom. The van der Waals surface area contributed by atoms with Gasteiger partial charge in [-0.15, -0.1) is 10.6 Å². The van der Waals surface area contributed by atoms with Gasteiger partial charge in [0.05, 0.1) is 0 Å². The van der Waals surface area contributed by atoms with Crippen molar-refractivity contribution in [1.82, 2.24) is 16.5 Å². The van der Waals surface area contributed by atoms with Crippen LogP contribution in [0.25, 0.3) is 0 Å². The molecule has 80 valence electrons. The van der Waals surface area contributed by atoms with Gasteiger partial charge < -0.3 is 0 Å². The number of hydrazine groups is 2. The van der Waals surface area contributed by atoms with Crippen LogP contribution in [0, 0.1) is 5.92 Å². The fourth-order valence-corrected chi connectivity index (χ4v) is 2.31. The fourth-order valence-electron chi connectivity index (χ4n) is 2.31. The second kappa shape index (κ2) is 5.20. The summed E-state index contributed by atoms with van der Waals surface area (Å²) in [6.45, 7) is 0. The van der Waals surface area contributed by atoms with Crippen molar-refractivity contribution in [3.05, 3.63) is 0 Å². The molecule has 0 aromatic heterocycles. The van der Waals surface area contributed by atoms with E-state index in [4.69, 9.17) is 0 Å². The quantitative estimate of drug-likeness (QED) is 0.598. The van der Waals surface area contributed by atoms with Crippen LogP contribution in [0.3, 0.4) is 0 Å². The van der Waals surface area contributed by atoms with E-state index in [2.05, 4.69) is 21.6 Å². The van der Waals surface area contributed by atoms with Crippen molar-refractivity contribution in [3.8, 4) is 0 Å². The SMILES string of the molecule is C1CCCCC(C2=NNNN2)CCC1. The Morgan fingerprint density at radius 1 is 0.929 bits per heavy atom. The van der Waals surface area contributed by atoms with E-state index < -0.39 is 0 Å². The van der Waals surface area contributed by atoms with Crippen molar-refractivity contribution >= 4 is 5.84 Å². The summed E-state index contributed by atoms with van der Waals surface area (Å²) in [6.07, 6.45) is 10.9. The lowest BCUT2D eigenvalue weighted by Gasteiger charge is -2.14. The second-order valence-corrected chi connectivity index (χ2v) is 4.25. The molecule has 0 bridgehead atoms. The molecule has 1 heterocycles. The lowest BCUT2D eigenvalue weighted by molar-refractivity contribution is 0.519. The van der Waals surface area contributed by atoms with Crippen molar-refractivity contribution in [2.45, 2.75) is 51.4 Å². The Morgan fingerprint density at radius 3 is 2.14 bits per heavy atom. The Kier molecular flexibility index (Phi) is 3.63. The summed E-state index contributed by atoms with van der Waals surface area (Å²) in [6, 6.07) is 0. The molecular formula is C10H20N4. The van der Waals surface area contributed by atoms with Crippen LogP contribution in [-0.4, -0.2) is 5.84 Å². The molecule has 0 aromatic rings. The summed E-state index contributed by atoms with van der Waals surface area (Å²) in [5, 5.41) is 4.21. The highest BCUT2D eigenvalue weighted by atomic mass is 15.8. The number of hydrogen-bond acceptors (Lipinski definition) is 4. The highest BCUT2D eigenvalue weighted by Crippen LogP contribution is 2.22. The molecule has 0 radical (unpaired) electrons. The molecule has 4 nitrogen and oxygen atoms in total. The minimum atomic E-state index is 0.635. The van der Waals surface area contributed by atoms with Gasteiger partial charge in [0.25, 0.3) is 0 Å². The molecule has 1 fully saturated rings. The number of nitrogens with one attached hydrogen (secondary N) is 3. The molecule has 0 atom stereocenters. The van der Waals surface area contributed by atoms with Gasteiger partial charge in [-0.05, 0) is 12.8 Å².